The third kappa shape index (κ3) is 7.06. The molecule has 38 heavy (non-hydrogen) atoms. The molecular formula is C30H31N3O5. The minimum Gasteiger partial charge on any atom is -0.464 e. The van der Waals surface area contributed by atoms with Crippen molar-refractivity contribution in [1.82, 2.24) is 15.3 Å². The number of alkyl carbamates (subject to hydrolysis) is 1. The summed E-state index contributed by atoms with van der Waals surface area (Å²) in [4.78, 5) is 33.8. The number of rotatable bonds is 8. The standard InChI is InChI=1S/C30H31N3O5/c1-5-36-28(34)26(33-29(35)38-30(2,3)4)17-20-11-13-23(14-12-20)37-27-24-19-31-16-15-22(24)18-25(32-27)21-9-7-6-8-10-21/h6-16,18-19,26H,5,17H2,1-4H3,(H,33,35)/t26-/m0/s1. The van der Waals surface area contributed by atoms with Crippen LogP contribution in [0.2, 0.25) is 0 Å². The predicted octanol–water partition coefficient (Wildman–Crippen LogP) is 6.09. The van der Waals surface area contributed by atoms with Gasteiger partial charge < -0.3 is 19.5 Å². The topological polar surface area (TPSA) is 99.6 Å². The number of hydrogen-bond donors (Lipinski definition) is 1. The Balaban J connectivity index is 1.54. The molecule has 0 saturated carbocycles. The normalized spacial score (nSPS) is 12.0. The van der Waals surface area contributed by atoms with Gasteiger partial charge in [0.1, 0.15) is 17.4 Å². The number of hydrogen-bond acceptors (Lipinski definition) is 7. The van der Waals surface area contributed by atoms with E-state index in [0.717, 1.165) is 27.6 Å². The maximum Gasteiger partial charge on any atom is 0.408 e. The Morgan fingerprint density at radius 2 is 1.74 bits per heavy atom. The number of fused-ring (bicyclic) bond motifs is 1. The highest BCUT2D eigenvalue weighted by Crippen LogP contribution is 2.31. The van der Waals surface area contributed by atoms with Crippen molar-refractivity contribution in [3.63, 3.8) is 0 Å². The molecule has 0 fully saturated rings. The van der Waals surface area contributed by atoms with Gasteiger partial charge in [-0.05, 0) is 62.9 Å². The minimum absolute atomic E-state index is 0.204. The lowest BCUT2D eigenvalue weighted by Crippen LogP contribution is -2.45. The predicted molar refractivity (Wildman–Crippen MR) is 145 cm³/mol. The molecule has 2 aromatic carbocycles. The van der Waals surface area contributed by atoms with Gasteiger partial charge in [-0.15, -0.1) is 0 Å². The number of carbonyl (C=O) groups is 2. The maximum absolute atomic E-state index is 12.5. The second kappa shape index (κ2) is 11.7. The summed E-state index contributed by atoms with van der Waals surface area (Å²) < 4.78 is 16.6. The first-order valence-electron chi connectivity index (χ1n) is 12.4. The Morgan fingerprint density at radius 1 is 1.00 bits per heavy atom. The van der Waals surface area contributed by atoms with Crippen molar-refractivity contribution in [3.8, 4) is 22.9 Å². The molecule has 0 aliphatic rings. The molecule has 196 valence electrons. The van der Waals surface area contributed by atoms with E-state index in [1.54, 1.807) is 52.2 Å². The second-order valence-corrected chi connectivity index (χ2v) is 9.68. The SMILES string of the molecule is CCOC(=O)[C@H](Cc1ccc(Oc2nc(-c3ccccc3)cc3ccncc23)cc1)NC(=O)OC(C)(C)C. The highest BCUT2D eigenvalue weighted by atomic mass is 16.6. The minimum atomic E-state index is -0.893. The molecule has 0 spiro atoms. The largest absolute Gasteiger partial charge is 0.464 e. The van der Waals surface area contributed by atoms with Crippen molar-refractivity contribution >= 4 is 22.8 Å². The van der Waals surface area contributed by atoms with Gasteiger partial charge in [-0.1, -0.05) is 42.5 Å². The summed E-state index contributed by atoms with van der Waals surface area (Å²) in [6, 6.07) is 20.2. The first kappa shape index (κ1) is 26.6. The van der Waals surface area contributed by atoms with Crippen LogP contribution in [0.25, 0.3) is 22.0 Å². The number of nitrogens with zero attached hydrogens (tertiary/aromatic N) is 2. The van der Waals surface area contributed by atoms with Crippen LogP contribution in [-0.4, -0.2) is 40.3 Å². The molecule has 4 rings (SSSR count). The summed E-state index contributed by atoms with van der Waals surface area (Å²) in [5.41, 5.74) is 1.90. The average Bonchev–Trinajstić information content (AvgIpc) is 2.89. The van der Waals surface area contributed by atoms with Gasteiger partial charge in [-0.2, -0.15) is 0 Å². The van der Waals surface area contributed by atoms with Crippen molar-refractivity contribution in [2.75, 3.05) is 6.61 Å². The number of carbonyl (C=O) groups excluding carboxylic acids is 2. The molecule has 8 nitrogen and oxygen atoms in total. The molecule has 8 heteroatoms. The van der Waals surface area contributed by atoms with Crippen LogP contribution in [0.1, 0.15) is 33.3 Å². The number of amides is 1. The molecule has 0 radical (unpaired) electrons. The van der Waals surface area contributed by atoms with E-state index in [-0.39, 0.29) is 13.0 Å². The summed E-state index contributed by atoms with van der Waals surface area (Å²) in [6.07, 6.45) is 3.02. The molecule has 2 aromatic heterocycles. The van der Waals surface area contributed by atoms with Gasteiger partial charge in [0.2, 0.25) is 5.88 Å². The van der Waals surface area contributed by atoms with E-state index in [1.807, 2.05) is 54.6 Å². The van der Waals surface area contributed by atoms with Crippen molar-refractivity contribution in [1.29, 1.82) is 0 Å². The van der Waals surface area contributed by atoms with Gasteiger partial charge >= 0.3 is 12.1 Å². The zero-order valence-electron chi connectivity index (χ0n) is 21.9. The lowest BCUT2D eigenvalue weighted by atomic mass is 10.1. The number of ether oxygens (including phenoxy) is 3. The van der Waals surface area contributed by atoms with Crippen LogP contribution in [0.3, 0.4) is 0 Å². The smallest absolute Gasteiger partial charge is 0.408 e. The van der Waals surface area contributed by atoms with Gasteiger partial charge in [0.05, 0.1) is 17.7 Å². The molecule has 0 bridgehead atoms. The number of benzene rings is 2. The van der Waals surface area contributed by atoms with Gasteiger partial charge in [-0.25, -0.2) is 14.6 Å². The second-order valence-electron chi connectivity index (χ2n) is 9.68. The summed E-state index contributed by atoms with van der Waals surface area (Å²) in [7, 11) is 0. The summed E-state index contributed by atoms with van der Waals surface area (Å²) in [5.74, 6) is 0.488. The zero-order valence-corrected chi connectivity index (χ0v) is 21.9. The first-order chi connectivity index (χ1) is 18.2. The fourth-order valence-electron chi connectivity index (χ4n) is 3.82. The molecule has 0 aliphatic carbocycles. The molecule has 4 aromatic rings. The fraction of sp³-hybridized carbons (Fsp3) is 0.267. The molecular weight excluding hydrogens is 482 g/mol. The zero-order chi connectivity index (χ0) is 27.1. The van der Waals surface area contributed by atoms with E-state index >= 15 is 0 Å². The lowest BCUT2D eigenvalue weighted by molar-refractivity contribution is -0.145. The van der Waals surface area contributed by atoms with Crippen molar-refractivity contribution in [2.24, 2.45) is 0 Å². The Labute approximate surface area is 222 Å². The van der Waals surface area contributed by atoms with E-state index < -0.39 is 23.7 Å². The number of esters is 1. The van der Waals surface area contributed by atoms with Crippen LogP contribution in [0.15, 0.2) is 79.1 Å². The number of pyridine rings is 2. The maximum atomic E-state index is 12.5. The van der Waals surface area contributed by atoms with E-state index in [9.17, 15) is 9.59 Å². The summed E-state index contributed by atoms with van der Waals surface area (Å²) >= 11 is 0. The molecule has 1 atom stereocenters. The first-order valence-corrected chi connectivity index (χ1v) is 12.4. The Hall–Kier alpha value is -4.46. The molecule has 1 amide bonds. The average molecular weight is 514 g/mol. The summed E-state index contributed by atoms with van der Waals surface area (Å²) in [6.45, 7) is 7.20. The third-order valence-electron chi connectivity index (χ3n) is 5.51. The lowest BCUT2D eigenvalue weighted by Gasteiger charge is -2.23. The fourth-order valence-corrected chi connectivity index (χ4v) is 3.82. The van der Waals surface area contributed by atoms with E-state index in [0.29, 0.717) is 11.6 Å². The van der Waals surface area contributed by atoms with E-state index in [4.69, 9.17) is 19.2 Å². The molecule has 1 N–H and O–H groups in total. The third-order valence-corrected chi connectivity index (χ3v) is 5.51. The molecule has 0 aliphatic heterocycles. The van der Waals surface area contributed by atoms with Crippen LogP contribution in [-0.2, 0) is 20.7 Å². The highest BCUT2D eigenvalue weighted by molar-refractivity contribution is 5.89. The Bertz CT molecular complexity index is 1400. The van der Waals surface area contributed by atoms with Gasteiger partial charge in [0.25, 0.3) is 0 Å². The Morgan fingerprint density at radius 3 is 2.42 bits per heavy atom. The summed E-state index contributed by atoms with van der Waals surface area (Å²) in [5, 5.41) is 4.37. The van der Waals surface area contributed by atoms with Crippen LogP contribution >= 0.6 is 0 Å². The number of nitrogens with one attached hydrogen (secondary N) is 1. The Kier molecular flexibility index (Phi) is 8.21. The van der Waals surface area contributed by atoms with Gasteiger partial charge in [0.15, 0.2) is 0 Å². The van der Waals surface area contributed by atoms with Crippen molar-refractivity contribution < 1.29 is 23.8 Å². The van der Waals surface area contributed by atoms with Crippen LogP contribution in [0.5, 0.6) is 11.6 Å². The van der Waals surface area contributed by atoms with E-state index in [1.165, 1.54) is 0 Å². The quantitative estimate of drug-likeness (QED) is 0.285. The highest BCUT2D eigenvalue weighted by Gasteiger charge is 2.25. The van der Waals surface area contributed by atoms with Gasteiger partial charge in [-0.3, -0.25) is 4.98 Å². The number of aromatic nitrogens is 2. The van der Waals surface area contributed by atoms with Crippen molar-refractivity contribution in [3.05, 3.63) is 84.7 Å². The van der Waals surface area contributed by atoms with Crippen LogP contribution in [0.4, 0.5) is 4.79 Å². The monoisotopic (exact) mass is 513 g/mol. The molecule has 2 heterocycles. The van der Waals surface area contributed by atoms with Crippen LogP contribution in [0, 0.1) is 0 Å². The molecule has 0 unspecified atom stereocenters. The van der Waals surface area contributed by atoms with Gasteiger partial charge in [0, 0.05) is 24.4 Å². The van der Waals surface area contributed by atoms with E-state index in [2.05, 4.69) is 10.3 Å². The molecule has 0 saturated heterocycles. The van der Waals surface area contributed by atoms with Crippen LogP contribution < -0.4 is 10.1 Å². The van der Waals surface area contributed by atoms with Crippen molar-refractivity contribution in [2.45, 2.75) is 45.8 Å².